The highest BCUT2D eigenvalue weighted by Crippen LogP contribution is 2.60. The van der Waals surface area contributed by atoms with Gasteiger partial charge in [0.05, 0.1) is 19.3 Å². The summed E-state index contributed by atoms with van der Waals surface area (Å²) in [6, 6.07) is 1.66. The molecule has 2 saturated carbocycles. The van der Waals surface area contributed by atoms with Gasteiger partial charge in [-0.15, -0.1) is 0 Å². The van der Waals surface area contributed by atoms with Crippen molar-refractivity contribution in [3.8, 4) is 5.75 Å². The predicted molar refractivity (Wildman–Crippen MR) is 80.1 cm³/mol. The van der Waals surface area contributed by atoms with Crippen LogP contribution in [0.25, 0.3) is 0 Å². The molecule has 0 radical (unpaired) electrons. The number of pyridine rings is 1. The summed E-state index contributed by atoms with van der Waals surface area (Å²) >= 11 is 0. The maximum Gasteiger partial charge on any atom is 0.315 e. The summed E-state index contributed by atoms with van der Waals surface area (Å²) in [5, 5.41) is 6.01. The third-order valence-electron chi connectivity index (χ3n) is 4.79. The van der Waals surface area contributed by atoms with Crippen molar-refractivity contribution < 1.29 is 9.53 Å². The normalized spacial score (nSPS) is 20.5. The highest BCUT2D eigenvalue weighted by molar-refractivity contribution is 5.74. The van der Waals surface area contributed by atoms with Crippen LogP contribution in [-0.2, 0) is 0 Å². The van der Waals surface area contributed by atoms with Gasteiger partial charge >= 0.3 is 6.03 Å². The van der Waals surface area contributed by atoms with E-state index in [2.05, 4.69) is 15.6 Å². The van der Waals surface area contributed by atoms with Crippen molar-refractivity contribution in [1.29, 1.82) is 0 Å². The molecule has 1 aromatic heterocycles. The Morgan fingerprint density at radius 3 is 2.90 bits per heavy atom. The lowest BCUT2D eigenvalue weighted by atomic mass is 10.0. The topological polar surface area (TPSA) is 63.2 Å². The number of urea groups is 1. The van der Waals surface area contributed by atoms with Gasteiger partial charge in [-0.1, -0.05) is 0 Å². The molecule has 5 heteroatoms. The zero-order valence-electron chi connectivity index (χ0n) is 12.7. The molecular formula is C16H23N3O2. The van der Waals surface area contributed by atoms with Gasteiger partial charge in [-0.3, -0.25) is 4.98 Å². The monoisotopic (exact) mass is 289 g/mol. The number of ether oxygens (including phenoxy) is 1. The van der Waals surface area contributed by atoms with Crippen molar-refractivity contribution in [2.75, 3.05) is 13.7 Å². The Bertz CT molecular complexity index is 524. The van der Waals surface area contributed by atoms with Crippen molar-refractivity contribution in [3.63, 3.8) is 0 Å². The van der Waals surface area contributed by atoms with E-state index in [0.717, 1.165) is 18.0 Å². The Morgan fingerprint density at radius 1 is 1.52 bits per heavy atom. The first-order chi connectivity index (χ1) is 10.1. The van der Waals surface area contributed by atoms with E-state index < -0.39 is 0 Å². The number of nitrogens with zero attached hydrogens (tertiary/aromatic N) is 1. The molecule has 3 rings (SSSR count). The van der Waals surface area contributed by atoms with Crippen LogP contribution in [0.4, 0.5) is 4.79 Å². The Hall–Kier alpha value is -1.78. The molecule has 2 fully saturated rings. The zero-order valence-corrected chi connectivity index (χ0v) is 12.7. The number of nitrogens with one attached hydrogen (secondary N) is 2. The third-order valence-corrected chi connectivity index (χ3v) is 4.79. The van der Waals surface area contributed by atoms with Crippen LogP contribution in [0.5, 0.6) is 5.75 Å². The molecular weight excluding hydrogens is 266 g/mol. The van der Waals surface area contributed by atoms with Crippen molar-refractivity contribution >= 4 is 6.03 Å². The number of hydrogen-bond acceptors (Lipinski definition) is 3. The molecule has 2 N–H and O–H groups in total. The Balaban J connectivity index is 1.52. The van der Waals surface area contributed by atoms with E-state index in [1.807, 2.05) is 13.0 Å². The van der Waals surface area contributed by atoms with E-state index in [4.69, 9.17) is 4.74 Å². The molecule has 2 aliphatic rings. The van der Waals surface area contributed by atoms with Gasteiger partial charge < -0.3 is 15.4 Å². The summed E-state index contributed by atoms with van der Waals surface area (Å²) in [5.74, 6) is 1.55. The second kappa shape index (κ2) is 5.54. The number of hydrogen-bond donors (Lipinski definition) is 2. The number of carbonyl (C=O) groups is 1. The van der Waals surface area contributed by atoms with Crippen LogP contribution in [-0.4, -0.2) is 24.7 Å². The van der Waals surface area contributed by atoms with E-state index in [0.29, 0.717) is 11.2 Å². The summed E-state index contributed by atoms with van der Waals surface area (Å²) in [4.78, 5) is 16.1. The minimum atomic E-state index is -0.112. The second-order valence-corrected chi connectivity index (χ2v) is 6.30. The van der Waals surface area contributed by atoms with E-state index in [1.165, 1.54) is 25.7 Å². The molecule has 2 aliphatic carbocycles. The van der Waals surface area contributed by atoms with E-state index in [9.17, 15) is 4.79 Å². The molecule has 0 aliphatic heterocycles. The minimum Gasteiger partial charge on any atom is -0.495 e. The zero-order chi connectivity index (χ0) is 14.9. The molecule has 21 heavy (non-hydrogen) atoms. The number of carbonyl (C=O) groups excluding carboxylic acids is 1. The molecule has 0 aromatic carbocycles. The highest BCUT2D eigenvalue weighted by atomic mass is 16.5. The summed E-state index contributed by atoms with van der Waals surface area (Å²) in [5.41, 5.74) is 1.36. The van der Waals surface area contributed by atoms with Crippen LogP contribution in [0.15, 0.2) is 18.5 Å². The molecule has 114 valence electrons. The number of aromatic nitrogens is 1. The van der Waals surface area contributed by atoms with Gasteiger partial charge in [0.15, 0.2) is 0 Å². The van der Waals surface area contributed by atoms with Gasteiger partial charge in [0.25, 0.3) is 0 Å². The van der Waals surface area contributed by atoms with Crippen LogP contribution in [0.2, 0.25) is 0 Å². The van der Waals surface area contributed by atoms with Gasteiger partial charge in [-0.05, 0) is 50.0 Å². The highest BCUT2D eigenvalue weighted by Gasteiger charge is 2.53. The number of methoxy groups -OCH3 is 1. The van der Waals surface area contributed by atoms with Gasteiger partial charge in [0, 0.05) is 18.3 Å². The van der Waals surface area contributed by atoms with Crippen molar-refractivity contribution in [2.45, 2.75) is 38.6 Å². The van der Waals surface area contributed by atoms with Crippen LogP contribution in [0.1, 0.15) is 44.2 Å². The Kier molecular flexibility index (Phi) is 3.74. The van der Waals surface area contributed by atoms with Crippen LogP contribution in [0.3, 0.4) is 0 Å². The quantitative estimate of drug-likeness (QED) is 0.846. The standard InChI is InChI=1S/C16H23N3O2/c1-11(13-5-8-17-9-14(13)21-2)19-15(20)18-10-16(6-7-16)12-3-4-12/h5,8-9,11-12H,3-4,6-7,10H2,1-2H3,(H2,18,19,20). The molecule has 0 saturated heterocycles. The average Bonchev–Trinajstić information content (AvgIpc) is 3.38. The van der Waals surface area contributed by atoms with Gasteiger partial charge in [0.1, 0.15) is 5.75 Å². The number of rotatable bonds is 6. The molecule has 1 aromatic rings. The predicted octanol–water partition coefficient (Wildman–Crippen LogP) is 2.64. The molecule has 0 bridgehead atoms. The molecule has 0 spiro atoms. The van der Waals surface area contributed by atoms with Crippen LogP contribution in [0, 0.1) is 11.3 Å². The lowest BCUT2D eigenvalue weighted by Crippen LogP contribution is -2.40. The maximum atomic E-state index is 12.1. The van der Waals surface area contributed by atoms with E-state index in [1.54, 1.807) is 19.5 Å². The second-order valence-electron chi connectivity index (χ2n) is 6.30. The van der Waals surface area contributed by atoms with Crippen LogP contribution < -0.4 is 15.4 Å². The van der Waals surface area contributed by atoms with Crippen molar-refractivity contribution in [3.05, 3.63) is 24.0 Å². The largest absolute Gasteiger partial charge is 0.495 e. The Morgan fingerprint density at radius 2 is 2.29 bits per heavy atom. The smallest absolute Gasteiger partial charge is 0.315 e. The SMILES string of the molecule is COc1cnccc1C(C)NC(=O)NCC1(C2CC2)CC1. The fourth-order valence-corrected chi connectivity index (χ4v) is 3.09. The first-order valence-corrected chi connectivity index (χ1v) is 7.67. The van der Waals surface area contributed by atoms with Gasteiger partial charge in [-0.2, -0.15) is 0 Å². The average molecular weight is 289 g/mol. The number of amides is 2. The summed E-state index contributed by atoms with van der Waals surface area (Å²) < 4.78 is 5.28. The van der Waals surface area contributed by atoms with Crippen LogP contribution >= 0.6 is 0 Å². The fourth-order valence-electron chi connectivity index (χ4n) is 3.09. The minimum absolute atomic E-state index is 0.103. The Labute approximate surface area is 125 Å². The molecule has 2 amide bonds. The molecule has 1 atom stereocenters. The maximum absolute atomic E-state index is 12.1. The lowest BCUT2D eigenvalue weighted by molar-refractivity contribution is 0.233. The summed E-state index contributed by atoms with van der Waals surface area (Å²) in [7, 11) is 1.61. The molecule has 5 nitrogen and oxygen atoms in total. The lowest BCUT2D eigenvalue weighted by Gasteiger charge is -2.19. The fraction of sp³-hybridized carbons (Fsp3) is 0.625. The third kappa shape index (κ3) is 3.12. The molecule has 1 heterocycles. The summed E-state index contributed by atoms with van der Waals surface area (Å²) in [6.45, 7) is 2.76. The van der Waals surface area contributed by atoms with Crippen molar-refractivity contribution in [1.82, 2.24) is 15.6 Å². The molecule has 1 unspecified atom stereocenters. The summed E-state index contributed by atoms with van der Waals surface area (Å²) in [6.07, 6.45) is 8.59. The first kappa shape index (κ1) is 14.2. The van der Waals surface area contributed by atoms with Gasteiger partial charge in [0.2, 0.25) is 0 Å². The van der Waals surface area contributed by atoms with Crippen molar-refractivity contribution in [2.24, 2.45) is 11.3 Å². The van der Waals surface area contributed by atoms with E-state index in [-0.39, 0.29) is 12.1 Å². The van der Waals surface area contributed by atoms with Gasteiger partial charge in [-0.25, -0.2) is 4.79 Å². The van der Waals surface area contributed by atoms with E-state index >= 15 is 0 Å². The first-order valence-electron chi connectivity index (χ1n) is 7.67.